The van der Waals surface area contributed by atoms with Crippen LogP contribution in [0.4, 0.5) is 0 Å². The lowest BCUT2D eigenvalue weighted by Gasteiger charge is -2.06. The van der Waals surface area contributed by atoms with E-state index < -0.39 is 0 Å². The number of methoxy groups -OCH3 is 2. The molecule has 0 atom stereocenters. The Morgan fingerprint density at radius 2 is 1.00 bits per heavy atom. The van der Waals surface area contributed by atoms with Crippen LogP contribution in [0.5, 0.6) is 11.5 Å². The van der Waals surface area contributed by atoms with Crippen LogP contribution in [0.15, 0.2) is 72.8 Å². The summed E-state index contributed by atoms with van der Waals surface area (Å²) in [6.45, 7) is 0. The van der Waals surface area contributed by atoms with Crippen molar-refractivity contribution in [2.75, 3.05) is 14.2 Å². The molecular weight excluding hydrogens is 372 g/mol. The molecule has 0 aromatic heterocycles. The zero-order chi connectivity index (χ0) is 21.3. The monoisotopic (exact) mass is 392 g/mol. The summed E-state index contributed by atoms with van der Waals surface area (Å²) >= 11 is 0. The molecule has 0 bridgehead atoms. The number of allylic oxidation sites excluding steroid dienone is 2. The first-order chi connectivity index (χ1) is 14.7. The molecule has 146 valence electrons. The van der Waals surface area contributed by atoms with E-state index in [-0.39, 0.29) is 0 Å². The number of benzene rings is 3. The first kappa shape index (κ1) is 20.5. The fourth-order valence-electron chi connectivity index (χ4n) is 2.99. The largest absolute Gasteiger partial charge is 0.497 e. The summed E-state index contributed by atoms with van der Waals surface area (Å²) in [6.07, 6.45) is 3.66. The van der Waals surface area contributed by atoms with Crippen molar-refractivity contribution in [3.8, 4) is 23.6 Å². The number of hydrogen-bond donors (Lipinski definition) is 0. The second-order valence-electron chi connectivity index (χ2n) is 6.43. The third kappa shape index (κ3) is 4.76. The summed E-state index contributed by atoms with van der Waals surface area (Å²) in [4.78, 5) is 0. The van der Waals surface area contributed by atoms with Crippen molar-refractivity contribution < 1.29 is 9.47 Å². The van der Waals surface area contributed by atoms with Crippen LogP contribution in [0.3, 0.4) is 0 Å². The summed E-state index contributed by atoms with van der Waals surface area (Å²) in [5.74, 6) is 1.47. The molecule has 0 aliphatic rings. The highest BCUT2D eigenvalue weighted by atomic mass is 16.5. The van der Waals surface area contributed by atoms with Gasteiger partial charge in [-0.3, -0.25) is 0 Å². The van der Waals surface area contributed by atoms with Crippen LogP contribution in [-0.2, 0) is 0 Å². The van der Waals surface area contributed by atoms with Crippen molar-refractivity contribution in [1.29, 1.82) is 10.5 Å². The summed E-state index contributed by atoms with van der Waals surface area (Å²) in [6, 6.07) is 26.9. The molecule has 3 aromatic carbocycles. The van der Waals surface area contributed by atoms with Crippen LogP contribution >= 0.6 is 0 Å². The molecular formula is C26H20N2O2. The quantitative estimate of drug-likeness (QED) is 0.391. The molecule has 30 heavy (non-hydrogen) atoms. The molecule has 0 heterocycles. The third-order valence-electron chi connectivity index (χ3n) is 4.64. The highest BCUT2D eigenvalue weighted by Gasteiger charge is 2.07. The van der Waals surface area contributed by atoms with Crippen molar-refractivity contribution >= 4 is 23.3 Å². The van der Waals surface area contributed by atoms with E-state index in [1.807, 2.05) is 84.9 Å². The molecule has 0 aliphatic heterocycles. The summed E-state index contributed by atoms with van der Waals surface area (Å²) in [5.41, 5.74) is 4.36. The Kier molecular flexibility index (Phi) is 6.66. The van der Waals surface area contributed by atoms with Crippen molar-refractivity contribution in [3.05, 3.63) is 95.1 Å². The molecule has 0 spiro atoms. The Bertz CT molecular complexity index is 1060. The molecule has 0 radical (unpaired) electrons. The lowest BCUT2D eigenvalue weighted by Crippen LogP contribution is -1.88. The van der Waals surface area contributed by atoms with E-state index in [9.17, 15) is 10.5 Å². The van der Waals surface area contributed by atoms with Crippen LogP contribution < -0.4 is 9.47 Å². The Balaban J connectivity index is 2.01. The SMILES string of the molecule is COc1ccc(C(C#N)=Cc2ccccc2C=C(C#N)c2ccc(OC)cc2)cc1. The maximum atomic E-state index is 9.68. The Morgan fingerprint density at radius 3 is 1.30 bits per heavy atom. The zero-order valence-electron chi connectivity index (χ0n) is 16.8. The first-order valence-electron chi connectivity index (χ1n) is 9.30. The molecule has 0 N–H and O–H groups in total. The molecule has 0 aliphatic carbocycles. The Labute approximate surface area is 176 Å². The van der Waals surface area contributed by atoms with Crippen molar-refractivity contribution in [2.45, 2.75) is 0 Å². The molecule has 3 aromatic rings. The summed E-state index contributed by atoms with van der Waals surface area (Å²) in [7, 11) is 3.21. The fraction of sp³-hybridized carbons (Fsp3) is 0.0769. The number of nitrogens with zero attached hydrogens (tertiary/aromatic N) is 2. The molecule has 0 fully saturated rings. The number of rotatable bonds is 6. The average molecular weight is 392 g/mol. The second-order valence-corrected chi connectivity index (χ2v) is 6.43. The standard InChI is InChI=1S/C26H20N2O2/c1-29-25-11-7-19(8-12-25)23(17-27)15-21-5-3-4-6-22(21)16-24(18-28)20-9-13-26(30-2)14-10-20/h3-16H,1-2H3. The zero-order valence-corrected chi connectivity index (χ0v) is 16.8. The van der Waals surface area contributed by atoms with E-state index in [4.69, 9.17) is 9.47 Å². The van der Waals surface area contributed by atoms with Crippen molar-refractivity contribution in [2.24, 2.45) is 0 Å². The van der Waals surface area contributed by atoms with Crippen LogP contribution in [0.2, 0.25) is 0 Å². The van der Waals surface area contributed by atoms with E-state index in [1.165, 1.54) is 0 Å². The second kappa shape index (κ2) is 9.78. The van der Waals surface area contributed by atoms with Gasteiger partial charge in [0.05, 0.1) is 37.5 Å². The van der Waals surface area contributed by atoms with Crippen LogP contribution in [0.1, 0.15) is 22.3 Å². The summed E-state index contributed by atoms with van der Waals surface area (Å²) < 4.78 is 10.4. The van der Waals surface area contributed by atoms with Gasteiger partial charge in [-0.15, -0.1) is 0 Å². The van der Waals surface area contributed by atoms with E-state index in [2.05, 4.69) is 12.1 Å². The van der Waals surface area contributed by atoms with Crippen molar-refractivity contribution in [3.63, 3.8) is 0 Å². The first-order valence-corrected chi connectivity index (χ1v) is 9.30. The third-order valence-corrected chi connectivity index (χ3v) is 4.64. The minimum atomic E-state index is 0.529. The number of ether oxygens (including phenoxy) is 2. The number of hydrogen-bond acceptors (Lipinski definition) is 4. The Hall–Kier alpha value is -4.28. The van der Waals surface area contributed by atoms with Gasteiger partial charge < -0.3 is 9.47 Å². The summed E-state index contributed by atoms with van der Waals surface area (Å²) in [5, 5.41) is 19.4. The average Bonchev–Trinajstić information content (AvgIpc) is 2.82. The lowest BCUT2D eigenvalue weighted by atomic mass is 9.97. The molecule has 4 nitrogen and oxygen atoms in total. The predicted octanol–water partition coefficient (Wildman–Crippen LogP) is 5.83. The van der Waals surface area contributed by atoms with Gasteiger partial charge in [0.15, 0.2) is 0 Å². The lowest BCUT2D eigenvalue weighted by molar-refractivity contribution is 0.414. The highest BCUT2D eigenvalue weighted by molar-refractivity contribution is 5.95. The van der Waals surface area contributed by atoms with Gasteiger partial charge in [-0.2, -0.15) is 10.5 Å². The van der Waals surface area contributed by atoms with E-state index in [0.29, 0.717) is 11.1 Å². The molecule has 3 rings (SSSR count). The van der Waals surface area contributed by atoms with E-state index >= 15 is 0 Å². The Morgan fingerprint density at radius 1 is 0.633 bits per heavy atom. The smallest absolute Gasteiger partial charge is 0.118 e. The van der Waals surface area contributed by atoms with E-state index in [0.717, 1.165) is 33.8 Å². The minimum absolute atomic E-state index is 0.529. The minimum Gasteiger partial charge on any atom is -0.497 e. The van der Waals surface area contributed by atoms with Crippen LogP contribution in [0, 0.1) is 22.7 Å². The van der Waals surface area contributed by atoms with Crippen LogP contribution in [-0.4, -0.2) is 14.2 Å². The van der Waals surface area contributed by atoms with Gasteiger partial charge in [0, 0.05) is 0 Å². The van der Waals surface area contributed by atoms with Crippen molar-refractivity contribution in [1.82, 2.24) is 0 Å². The highest BCUT2D eigenvalue weighted by Crippen LogP contribution is 2.26. The topological polar surface area (TPSA) is 66.0 Å². The molecule has 0 unspecified atom stereocenters. The molecule has 0 saturated heterocycles. The van der Waals surface area contributed by atoms with Gasteiger partial charge in [-0.25, -0.2) is 0 Å². The van der Waals surface area contributed by atoms with Gasteiger partial charge in [0.25, 0.3) is 0 Å². The normalized spacial score (nSPS) is 11.3. The van der Waals surface area contributed by atoms with Gasteiger partial charge in [-0.05, 0) is 82.9 Å². The molecule has 0 saturated carbocycles. The fourth-order valence-corrected chi connectivity index (χ4v) is 2.99. The van der Waals surface area contributed by atoms with E-state index in [1.54, 1.807) is 14.2 Å². The van der Waals surface area contributed by atoms with Crippen LogP contribution in [0.25, 0.3) is 23.3 Å². The number of nitriles is 2. The van der Waals surface area contributed by atoms with Gasteiger partial charge in [0.2, 0.25) is 0 Å². The maximum absolute atomic E-state index is 9.68. The van der Waals surface area contributed by atoms with Gasteiger partial charge in [0.1, 0.15) is 11.5 Å². The van der Waals surface area contributed by atoms with Gasteiger partial charge in [-0.1, -0.05) is 24.3 Å². The maximum Gasteiger partial charge on any atom is 0.118 e. The molecule has 0 amide bonds. The van der Waals surface area contributed by atoms with Gasteiger partial charge >= 0.3 is 0 Å². The molecule has 4 heteroatoms. The predicted molar refractivity (Wildman–Crippen MR) is 119 cm³/mol.